The first kappa shape index (κ1) is 15.9. The summed E-state index contributed by atoms with van der Waals surface area (Å²) < 4.78 is 0. The van der Waals surface area contributed by atoms with E-state index in [0.29, 0.717) is 5.57 Å². The lowest BCUT2D eigenvalue weighted by Gasteiger charge is -2.10. The van der Waals surface area contributed by atoms with Gasteiger partial charge in [-0.2, -0.15) is 0 Å². The lowest BCUT2D eigenvalue weighted by Crippen LogP contribution is -2.10. The second-order valence-corrected chi connectivity index (χ2v) is 5.56. The highest BCUT2D eigenvalue weighted by Gasteiger charge is 2.04. The van der Waals surface area contributed by atoms with Crippen LogP contribution >= 0.6 is 0 Å². The third kappa shape index (κ3) is 4.27. The number of pyridine rings is 1. The largest absolute Gasteiger partial charge is 0.478 e. The Labute approximate surface area is 130 Å². The van der Waals surface area contributed by atoms with E-state index in [9.17, 15) is 4.79 Å². The summed E-state index contributed by atoms with van der Waals surface area (Å²) in [5.41, 5.74) is 4.80. The van der Waals surface area contributed by atoms with Crippen molar-refractivity contribution in [3.8, 4) is 11.1 Å². The number of allylic oxidation sites excluding steroid dienone is 1. The number of carbonyl (C=O) groups is 1. The molecule has 0 aliphatic carbocycles. The predicted molar refractivity (Wildman–Crippen MR) is 88.4 cm³/mol. The molecule has 0 fully saturated rings. The van der Waals surface area contributed by atoms with Crippen LogP contribution in [0.5, 0.6) is 0 Å². The molecule has 1 aromatic carbocycles. The fraction of sp³-hybridized carbons (Fsp3) is 0.222. The molecule has 1 aromatic heterocycles. The van der Waals surface area contributed by atoms with Crippen molar-refractivity contribution in [2.24, 2.45) is 0 Å². The summed E-state index contributed by atoms with van der Waals surface area (Å²) in [6, 6.07) is 10.3. The molecule has 0 saturated heterocycles. The highest BCUT2D eigenvalue weighted by Crippen LogP contribution is 2.23. The van der Waals surface area contributed by atoms with Gasteiger partial charge in [-0.15, -0.1) is 0 Å². The fourth-order valence-corrected chi connectivity index (χ4v) is 2.25. The molecule has 0 aliphatic rings. The zero-order valence-corrected chi connectivity index (χ0v) is 13.1. The van der Waals surface area contributed by atoms with Crippen LogP contribution in [0.4, 0.5) is 0 Å². The topological polar surface area (TPSA) is 53.4 Å². The minimum absolute atomic E-state index is 0.686. The zero-order chi connectivity index (χ0) is 16.1. The molecule has 0 amide bonds. The van der Waals surface area contributed by atoms with Gasteiger partial charge in [0.25, 0.3) is 0 Å². The van der Waals surface area contributed by atoms with E-state index < -0.39 is 5.97 Å². The summed E-state index contributed by atoms with van der Waals surface area (Å²) in [7, 11) is 4.08. The molecule has 1 heterocycles. The minimum Gasteiger partial charge on any atom is -0.478 e. The summed E-state index contributed by atoms with van der Waals surface area (Å²) in [4.78, 5) is 17.1. The average Bonchev–Trinajstić information content (AvgIpc) is 2.47. The van der Waals surface area contributed by atoms with E-state index in [1.165, 1.54) is 11.6 Å². The van der Waals surface area contributed by atoms with E-state index in [1.807, 2.05) is 20.2 Å². The van der Waals surface area contributed by atoms with Crippen molar-refractivity contribution in [1.82, 2.24) is 9.88 Å². The first-order valence-corrected chi connectivity index (χ1v) is 7.06. The Bertz CT molecular complexity index is 688. The normalized spacial score (nSPS) is 11.7. The lowest BCUT2D eigenvalue weighted by atomic mass is 10.0. The Kier molecular flexibility index (Phi) is 5.07. The van der Waals surface area contributed by atoms with Crippen LogP contribution in [0.2, 0.25) is 0 Å². The first-order chi connectivity index (χ1) is 10.5. The second kappa shape index (κ2) is 7.00. The molecule has 0 atom stereocenters. The van der Waals surface area contributed by atoms with E-state index in [-0.39, 0.29) is 0 Å². The van der Waals surface area contributed by atoms with Gasteiger partial charge in [-0.05, 0) is 49.3 Å². The third-order valence-corrected chi connectivity index (χ3v) is 3.32. The number of aromatic nitrogens is 1. The molecule has 2 rings (SSSR count). The Morgan fingerprint density at radius 1 is 1.18 bits per heavy atom. The molecule has 0 saturated carbocycles. The maximum Gasteiger partial charge on any atom is 0.328 e. The van der Waals surface area contributed by atoms with E-state index in [0.717, 1.165) is 23.2 Å². The number of aliphatic carboxylic acids is 1. The Morgan fingerprint density at radius 3 is 2.45 bits per heavy atom. The Balaban J connectivity index is 2.28. The summed E-state index contributed by atoms with van der Waals surface area (Å²) in [5, 5.41) is 8.83. The molecular formula is C18H20N2O2. The minimum atomic E-state index is -0.948. The molecule has 4 nitrogen and oxygen atoms in total. The zero-order valence-electron chi connectivity index (χ0n) is 13.1. The van der Waals surface area contributed by atoms with Gasteiger partial charge in [-0.1, -0.05) is 24.3 Å². The Morgan fingerprint density at radius 2 is 1.86 bits per heavy atom. The Hall–Kier alpha value is -2.46. The predicted octanol–water partition coefficient (Wildman–Crippen LogP) is 3.30. The van der Waals surface area contributed by atoms with Gasteiger partial charge < -0.3 is 10.0 Å². The van der Waals surface area contributed by atoms with Crippen molar-refractivity contribution < 1.29 is 9.90 Å². The molecule has 0 radical (unpaired) electrons. The SMILES string of the molecule is C/C(=C\C(=O)O)c1cncc(-c2ccc(CN(C)C)cc2)c1. The average molecular weight is 296 g/mol. The van der Waals surface area contributed by atoms with Crippen molar-refractivity contribution in [3.63, 3.8) is 0 Å². The van der Waals surface area contributed by atoms with Gasteiger partial charge in [0.15, 0.2) is 0 Å². The molecule has 114 valence electrons. The van der Waals surface area contributed by atoms with Crippen LogP contribution in [0.15, 0.2) is 48.8 Å². The van der Waals surface area contributed by atoms with Crippen molar-refractivity contribution >= 4 is 11.5 Å². The van der Waals surface area contributed by atoms with Crippen molar-refractivity contribution in [1.29, 1.82) is 0 Å². The van der Waals surface area contributed by atoms with Crippen LogP contribution in [0.25, 0.3) is 16.7 Å². The molecule has 0 spiro atoms. The molecule has 0 aliphatic heterocycles. The van der Waals surface area contributed by atoms with E-state index in [1.54, 1.807) is 19.3 Å². The maximum atomic E-state index is 10.8. The highest BCUT2D eigenvalue weighted by atomic mass is 16.4. The molecule has 0 bridgehead atoms. The van der Waals surface area contributed by atoms with Gasteiger partial charge in [0.2, 0.25) is 0 Å². The van der Waals surface area contributed by atoms with Crippen LogP contribution in [0.3, 0.4) is 0 Å². The lowest BCUT2D eigenvalue weighted by molar-refractivity contribution is -0.131. The van der Waals surface area contributed by atoms with Crippen LogP contribution < -0.4 is 0 Å². The molecule has 4 heteroatoms. The number of benzene rings is 1. The van der Waals surface area contributed by atoms with Crippen LogP contribution in [-0.4, -0.2) is 35.1 Å². The number of hydrogen-bond acceptors (Lipinski definition) is 3. The van der Waals surface area contributed by atoms with Crippen molar-refractivity contribution in [3.05, 3.63) is 59.9 Å². The van der Waals surface area contributed by atoms with Gasteiger partial charge >= 0.3 is 5.97 Å². The third-order valence-electron chi connectivity index (χ3n) is 3.32. The summed E-state index contributed by atoms with van der Waals surface area (Å²) in [6.45, 7) is 2.67. The molecule has 22 heavy (non-hydrogen) atoms. The monoisotopic (exact) mass is 296 g/mol. The van der Waals surface area contributed by atoms with Gasteiger partial charge in [0.05, 0.1) is 0 Å². The number of carboxylic acids is 1. The summed E-state index contributed by atoms with van der Waals surface area (Å²) in [6.07, 6.45) is 4.66. The summed E-state index contributed by atoms with van der Waals surface area (Å²) in [5.74, 6) is -0.948. The van der Waals surface area contributed by atoms with Gasteiger partial charge in [-0.3, -0.25) is 4.98 Å². The molecule has 0 unspecified atom stereocenters. The molecule has 1 N–H and O–H groups in total. The van der Waals surface area contributed by atoms with E-state index in [4.69, 9.17) is 5.11 Å². The van der Waals surface area contributed by atoms with Crippen LogP contribution in [0, 0.1) is 0 Å². The summed E-state index contributed by atoms with van der Waals surface area (Å²) >= 11 is 0. The second-order valence-electron chi connectivity index (χ2n) is 5.56. The maximum absolute atomic E-state index is 10.8. The number of carboxylic acid groups (broad SMARTS) is 1. The van der Waals surface area contributed by atoms with Gasteiger partial charge in [0, 0.05) is 30.6 Å². The standard InChI is InChI=1S/C18H20N2O2/c1-13(8-18(21)22)16-9-17(11-19-10-16)15-6-4-14(5-7-15)12-20(2)3/h4-11H,12H2,1-3H3,(H,21,22)/b13-8+. The van der Waals surface area contributed by atoms with Crippen molar-refractivity contribution in [2.45, 2.75) is 13.5 Å². The number of hydrogen-bond donors (Lipinski definition) is 1. The molecular weight excluding hydrogens is 276 g/mol. The number of nitrogens with zero attached hydrogens (tertiary/aromatic N) is 2. The van der Waals surface area contributed by atoms with E-state index >= 15 is 0 Å². The van der Waals surface area contributed by atoms with Crippen LogP contribution in [0.1, 0.15) is 18.1 Å². The van der Waals surface area contributed by atoms with Crippen LogP contribution in [-0.2, 0) is 11.3 Å². The van der Waals surface area contributed by atoms with Gasteiger partial charge in [-0.25, -0.2) is 4.79 Å². The number of rotatable bonds is 5. The first-order valence-electron chi connectivity index (χ1n) is 7.06. The van der Waals surface area contributed by atoms with E-state index in [2.05, 4.69) is 34.1 Å². The molecule has 2 aromatic rings. The van der Waals surface area contributed by atoms with Crippen molar-refractivity contribution in [2.75, 3.05) is 14.1 Å². The van der Waals surface area contributed by atoms with Gasteiger partial charge in [0.1, 0.15) is 0 Å². The highest BCUT2D eigenvalue weighted by molar-refractivity contribution is 5.89. The quantitative estimate of drug-likeness (QED) is 0.860. The fourth-order valence-electron chi connectivity index (χ4n) is 2.25. The smallest absolute Gasteiger partial charge is 0.328 e.